The number of fused-ring (bicyclic) bond motifs is 1. The standard InChI is InChI=1S/C25H24N4O5S/c1-16-8-9-19(35(31,32)29-10-12-33-13-11-29)14-21(16)26-24(30)20-15-22(18-6-4-3-5-7-18)27-25-23(20)17(2)28-34-25/h3-9,14-15H,10-13H2,1-2H3,(H,26,30). The summed E-state index contributed by atoms with van der Waals surface area (Å²) in [6.45, 7) is 4.85. The van der Waals surface area contributed by atoms with Crippen LogP contribution in [0.3, 0.4) is 0 Å². The van der Waals surface area contributed by atoms with Crippen LogP contribution in [0.5, 0.6) is 0 Å². The molecule has 4 aromatic rings. The number of hydrogen-bond acceptors (Lipinski definition) is 7. The largest absolute Gasteiger partial charge is 0.379 e. The number of carbonyl (C=O) groups is 1. The predicted octanol–water partition coefficient (Wildman–Crippen LogP) is 3.78. The highest BCUT2D eigenvalue weighted by atomic mass is 32.2. The van der Waals surface area contributed by atoms with Crippen molar-refractivity contribution in [3.05, 3.63) is 71.4 Å². The summed E-state index contributed by atoms with van der Waals surface area (Å²) in [7, 11) is -3.71. The maximum absolute atomic E-state index is 13.5. The molecule has 0 saturated carbocycles. The third kappa shape index (κ3) is 4.43. The van der Waals surface area contributed by atoms with Gasteiger partial charge >= 0.3 is 0 Å². The van der Waals surface area contributed by atoms with Gasteiger partial charge < -0.3 is 14.6 Å². The quantitative estimate of drug-likeness (QED) is 0.451. The third-order valence-corrected chi connectivity index (χ3v) is 7.89. The maximum atomic E-state index is 13.5. The molecule has 0 spiro atoms. The van der Waals surface area contributed by atoms with Gasteiger partial charge in [0.1, 0.15) is 0 Å². The highest BCUT2D eigenvalue weighted by molar-refractivity contribution is 7.89. The van der Waals surface area contributed by atoms with Crippen LogP contribution in [0, 0.1) is 13.8 Å². The molecular formula is C25H24N4O5S. The Kier molecular flexibility index (Phi) is 6.10. The molecule has 5 rings (SSSR count). The van der Waals surface area contributed by atoms with Gasteiger partial charge in [-0.1, -0.05) is 41.6 Å². The Morgan fingerprint density at radius 1 is 1.03 bits per heavy atom. The van der Waals surface area contributed by atoms with E-state index in [1.807, 2.05) is 37.3 Å². The Hall–Kier alpha value is -3.60. The van der Waals surface area contributed by atoms with Crippen LogP contribution < -0.4 is 5.32 Å². The van der Waals surface area contributed by atoms with E-state index < -0.39 is 15.9 Å². The second-order valence-electron chi connectivity index (χ2n) is 8.32. The zero-order valence-corrected chi connectivity index (χ0v) is 20.1. The fourth-order valence-electron chi connectivity index (χ4n) is 4.05. The number of anilines is 1. The normalized spacial score (nSPS) is 14.8. The van der Waals surface area contributed by atoms with Crippen LogP contribution in [0.25, 0.3) is 22.4 Å². The molecule has 10 heteroatoms. The first-order valence-corrected chi connectivity index (χ1v) is 12.6. The van der Waals surface area contributed by atoms with Crippen LogP contribution in [-0.4, -0.2) is 55.1 Å². The van der Waals surface area contributed by atoms with Crippen LogP contribution in [0.4, 0.5) is 5.69 Å². The van der Waals surface area contributed by atoms with Gasteiger partial charge in [-0.3, -0.25) is 4.79 Å². The molecule has 0 unspecified atom stereocenters. The van der Waals surface area contributed by atoms with Crippen molar-refractivity contribution < 1.29 is 22.5 Å². The SMILES string of the molecule is Cc1ccc(S(=O)(=O)N2CCOCC2)cc1NC(=O)c1cc(-c2ccccc2)nc2onc(C)c12. The van der Waals surface area contributed by atoms with Gasteiger partial charge in [0.05, 0.1) is 40.4 Å². The predicted molar refractivity (Wildman–Crippen MR) is 131 cm³/mol. The molecule has 2 aromatic heterocycles. The van der Waals surface area contributed by atoms with Crippen LogP contribution in [0.1, 0.15) is 21.6 Å². The molecule has 0 bridgehead atoms. The van der Waals surface area contributed by atoms with Crippen molar-refractivity contribution in [3.63, 3.8) is 0 Å². The van der Waals surface area contributed by atoms with E-state index in [1.165, 1.54) is 10.4 Å². The lowest BCUT2D eigenvalue weighted by Crippen LogP contribution is -2.40. The van der Waals surface area contributed by atoms with E-state index in [0.717, 1.165) is 11.1 Å². The number of aryl methyl sites for hydroxylation is 2. The Balaban J connectivity index is 1.52. The number of rotatable bonds is 5. The second-order valence-corrected chi connectivity index (χ2v) is 10.3. The minimum atomic E-state index is -3.71. The van der Waals surface area contributed by atoms with Crippen LogP contribution >= 0.6 is 0 Å². The number of benzene rings is 2. The minimum Gasteiger partial charge on any atom is -0.379 e. The second kappa shape index (κ2) is 9.21. The summed E-state index contributed by atoms with van der Waals surface area (Å²) in [5, 5.41) is 7.38. The van der Waals surface area contributed by atoms with Gasteiger partial charge in [-0.25, -0.2) is 13.4 Å². The topological polar surface area (TPSA) is 115 Å². The smallest absolute Gasteiger partial charge is 0.259 e. The lowest BCUT2D eigenvalue weighted by molar-refractivity contribution is 0.0730. The molecule has 1 saturated heterocycles. The minimum absolute atomic E-state index is 0.117. The van der Waals surface area contributed by atoms with Crippen molar-refractivity contribution in [2.45, 2.75) is 18.7 Å². The van der Waals surface area contributed by atoms with Crippen molar-refractivity contribution in [2.75, 3.05) is 31.6 Å². The van der Waals surface area contributed by atoms with Gasteiger partial charge in [-0.05, 0) is 37.6 Å². The molecule has 1 aliphatic rings. The number of hydrogen-bond donors (Lipinski definition) is 1. The first-order valence-electron chi connectivity index (χ1n) is 11.2. The van der Waals surface area contributed by atoms with Crippen molar-refractivity contribution in [3.8, 4) is 11.3 Å². The third-order valence-electron chi connectivity index (χ3n) is 6.00. The first kappa shape index (κ1) is 23.2. The Bertz CT molecular complexity index is 1510. The summed E-state index contributed by atoms with van der Waals surface area (Å²) in [6, 6.07) is 15.9. The number of aromatic nitrogens is 2. The molecule has 1 amide bonds. The summed E-state index contributed by atoms with van der Waals surface area (Å²) >= 11 is 0. The van der Waals surface area contributed by atoms with E-state index in [1.54, 1.807) is 25.1 Å². The fourth-order valence-corrected chi connectivity index (χ4v) is 5.49. The zero-order valence-electron chi connectivity index (χ0n) is 19.3. The van der Waals surface area contributed by atoms with Crippen molar-refractivity contribution >= 4 is 32.7 Å². The molecule has 1 N–H and O–H groups in total. The van der Waals surface area contributed by atoms with Gasteiger partial charge in [0.15, 0.2) is 0 Å². The molecule has 0 radical (unpaired) electrons. The van der Waals surface area contributed by atoms with Crippen LogP contribution in [-0.2, 0) is 14.8 Å². The number of pyridine rings is 1. The van der Waals surface area contributed by atoms with E-state index in [-0.39, 0.29) is 10.6 Å². The Morgan fingerprint density at radius 3 is 2.51 bits per heavy atom. The van der Waals surface area contributed by atoms with Gasteiger partial charge in [-0.15, -0.1) is 0 Å². The molecule has 9 nitrogen and oxygen atoms in total. The summed E-state index contributed by atoms with van der Waals surface area (Å²) in [6.07, 6.45) is 0. The van der Waals surface area contributed by atoms with E-state index in [2.05, 4.69) is 15.5 Å². The number of ether oxygens (including phenoxy) is 1. The lowest BCUT2D eigenvalue weighted by atomic mass is 10.0. The summed E-state index contributed by atoms with van der Waals surface area (Å²) in [5.74, 6) is -0.412. The van der Waals surface area contributed by atoms with Gasteiger partial charge in [0, 0.05) is 24.3 Å². The lowest BCUT2D eigenvalue weighted by Gasteiger charge is -2.26. The average molecular weight is 493 g/mol. The first-order chi connectivity index (χ1) is 16.8. The fraction of sp³-hybridized carbons (Fsp3) is 0.240. The Labute approximate surface area is 202 Å². The molecule has 180 valence electrons. The number of nitrogens with zero attached hydrogens (tertiary/aromatic N) is 3. The Morgan fingerprint density at radius 2 is 1.77 bits per heavy atom. The summed E-state index contributed by atoms with van der Waals surface area (Å²) < 4.78 is 38.3. The number of morpholine rings is 1. The van der Waals surface area contributed by atoms with Crippen molar-refractivity contribution in [1.82, 2.24) is 14.4 Å². The highest BCUT2D eigenvalue weighted by Crippen LogP contribution is 2.29. The number of sulfonamides is 1. The van der Waals surface area contributed by atoms with Gasteiger partial charge in [0.2, 0.25) is 10.0 Å². The number of carbonyl (C=O) groups excluding carboxylic acids is 1. The molecule has 0 atom stereocenters. The molecule has 1 fully saturated rings. The zero-order chi connectivity index (χ0) is 24.6. The summed E-state index contributed by atoms with van der Waals surface area (Å²) in [4.78, 5) is 18.1. The van der Waals surface area contributed by atoms with Gasteiger partial charge in [-0.2, -0.15) is 4.31 Å². The monoisotopic (exact) mass is 492 g/mol. The van der Waals surface area contributed by atoms with Gasteiger partial charge in [0.25, 0.3) is 11.6 Å². The van der Waals surface area contributed by atoms with Crippen molar-refractivity contribution in [1.29, 1.82) is 0 Å². The summed E-state index contributed by atoms with van der Waals surface area (Å²) in [5.41, 5.74) is 3.67. The van der Waals surface area contributed by atoms with E-state index in [4.69, 9.17) is 9.26 Å². The molecule has 2 aromatic carbocycles. The van der Waals surface area contributed by atoms with Crippen molar-refractivity contribution in [2.24, 2.45) is 0 Å². The molecule has 35 heavy (non-hydrogen) atoms. The van der Waals surface area contributed by atoms with Crippen LogP contribution in [0.2, 0.25) is 0 Å². The van der Waals surface area contributed by atoms with E-state index in [9.17, 15) is 13.2 Å². The van der Waals surface area contributed by atoms with E-state index >= 15 is 0 Å². The molecule has 3 heterocycles. The highest BCUT2D eigenvalue weighted by Gasteiger charge is 2.27. The molecule has 1 aliphatic heterocycles. The molecule has 0 aliphatic carbocycles. The average Bonchev–Trinajstić information content (AvgIpc) is 3.26. The number of nitrogens with one attached hydrogen (secondary N) is 1. The number of amides is 1. The maximum Gasteiger partial charge on any atom is 0.259 e. The molecular weight excluding hydrogens is 468 g/mol. The van der Waals surface area contributed by atoms with Crippen LogP contribution in [0.15, 0.2) is 64.0 Å². The van der Waals surface area contributed by atoms with E-state index in [0.29, 0.717) is 54.3 Å².